The minimum absolute atomic E-state index is 0.208. The highest BCUT2D eigenvalue weighted by Crippen LogP contribution is 2.05. The predicted octanol–water partition coefficient (Wildman–Crippen LogP) is 1.78. The summed E-state index contributed by atoms with van der Waals surface area (Å²) in [6.07, 6.45) is 4.06. The largest absolute Gasteiger partial charge is 0.472 e. The van der Waals surface area contributed by atoms with Crippen LogP contribution in [0.5, 0.6) is 0 Å². The van der Waals surface area contributed by atoms with Gasteiger partial charge in [0, 0.05) is 12.1 Å². The number of nitrogens with one attached hydrogen (secondary N) is 1. The molecule has 1 aromatic heterocycles. The van der Waals surface area contributed by atoms with E-state index in [-0.39, 0.29) is 6.10 Å². The molecule has 0 saturated heterocycles. The molecule has 0 aromatic carbocycles. The fourth-order valence-electron chi connectivity index (χ4n) is 1.52. The second-order valence-electron chi connectivity index (χ2n) is 3.95. The van der Waals surface area contributed by atoms with E-state index in [1.54, 1.807) is 12.5 Å². The molecule has 0 radical (unpaired) electrons. The number of aliphatic hydroxyl groups excluding tert-OH is 1. The van der Waals surface area contributed by atoms with Crippen LogP contribution in [0.3, 0.4) is 0 Å². The van der Waals surface area contributed by atoms with Gasteiger partial charge >= 0.3 is 0 Å². The molecule has 0 aliphatic rings. The van der Waals surface area contributed by atoms with Gasteiger partial charge in [0.2, 0.25) is 0 Å². The van der Waals surface area contributed by atoms with Crippen molar-refractivity contribution in [2.24, 2.45) is 5.92 Å². The van der Waals surface area contributed by atoms with Crippen LogP contribution in [-0.2, 0) is 6.54 Å². The molecule has 0 bridgehead atoms. The first-order chi connectivity index (χ1) is 6.68. The number of hydrogen-bond donors (Lipinski definition) is 2. The average molecular weight is 197 g/mol. The lowest BCUT2D eigenvalue weighted by atomic mass is 10.0. The zero-order valence-corrected chi connectivity index (χ0v) is 8.86. The van der Waals surface area contributed by atoms with Crippen molar-refractivity contribution in [3.8, 4) is 0 Å². The van der Waals surface area contributed by atoms with Crippen molar-refractivity contribution in [2.75, 3.05) is 6.54 Å². The van der Waals surface area contributed by atoms with Gasteiger partial charge in [-0.2, -0.15) is 0 Å². The normalized spacial score (nSPS) is 15.4. The Hall–Kier alpha value is -0.800. The van der Waals surface area contributed by atoms with E-state index in [1.807, 2.05) is 13.0 Å². The summed E-state index contributed by atoms with van der Waals surface area (Å²) >= 11 is 0. The third-order valence-corrected chi connectivity index (χ3v) is 2.15. The van der Waals surface area contributed by atoms with Crippen molar-refractivity contribution in [3.63, 3.8) is 0 Å². The molecule has 2 unspecified atom stereocenters. The third kappa shape index (κ3) is 4.44. The number of rotatable bonds is 6. The summed E-state index contributed by atoms with van der Waals surface area (Å²) in [5.41, 5.74) is 1.16. The van der Waals surface area contributed by atoms with E-state index in [4.69, 9.17) is 9.52 Å². The highest BCUT2D eigenvalue weighted by Gasteiger charge is 2.05. The summed E-state index contributed by atoms with van der Waals surface area (Å²) in [5.74, 6) is 0.502. The summed E-state index contributed by atoms with van der Waals surface area (Å²) in [6, 6.07) is 1.95. The maximum atomic E-state index is 9.16. The smallest absolute Gasteiger partial charge is 0.0947 e. The van der Waals surface area contributed by atoms with E-state index < -0.39 is 0 Å². The van der Waals surface area contributed by atoms with Crippen LogP contribution in [0.25, 0.3) is 0 Å². The van der Waals surface area contributed by atoms with Crippen LogP contribution in [0, 0.1) is 5.92 Å². The first-order valence-corrected chi connectivity index (χ1v) is 5.08. The molecule has 0 spiro atoms. The van der Waals surface area contributed by atoms with Gasteiger partial charge in [-0.05, 0) is 31.9 Å². The third-order valence-electron chi connectivity index (χ3n) is 2.15. The Kier molecular flexibility index (Phi) is 4.70. The molecule has 0 saturated carbocycles. The van der Waals surface area contributed by atoms with Gasteiger partial charge in [-0.25, -0.2) is 0 Å². The summed E-state index contributed by atoms with van der Waals surface area (Å²) in [7, 11) is 0. The molecule has 2 N–H and O–H groups in total. The molecule has 0 aliphatic heterocycles. The molecular weight excluding hydrogens is 178 g/mol. The van der Waals surface area contributed by atoms with Gasteiger partial charge in [-0.1, -0.05) is 6.92 Å². The molecule has 3 nitrogen and oxygen atoms in total. The fraction of sp³-hybridized carbons (Fsp3) is 0.636. The molecular formula is C11H19NO2. The van der Waals surface area contributed by atoms with Gasteiger partial charge in [0.05, 0.1) is 18.6 Å². The maximum Gasteiger partial charge on any atom is 0.0947 e. The average Bonchev–Trinajstić information content (AvgIpc) is 2.55. The Balaban J connectivity index is 2.09. The zero-order valence-electron chi connectivity index (χ0n) is 8.86. The quantitative estimate of drug-likeness (QED) is 0.730. The molecule has 1 aromatic rings. The van der Waals surface area contributed by atoms with E-state index in [2.05, 4.69) is 12.2 Å². The Morgan fingerprint density at radius 3 is 2.86 bits per heavy atom. The summed E-state index contributed by atoms with van der Waals surface area (Å²) < 4.78 is 4.96. The Labute approximate surface area is 85.1 Å². The van der Waals surface area contributed by atoms with Gasteiger partial charge in [0.1, 0.15) is 0 Å². The maximum absolute atomic E-state index is 9.16. The molecule has 1 heterocycles. The standard InChI is InChI=1S/C11H19NO2/c1-9(5-10(2)13)6-12-7-11-3-4-14-8-11/h3-4,8-10,12-13H,5-7H2,1-2H3. The Morgan fingerprint density at radius 1 is 1.50 bits per heavy atom. The molecule has 0 fully saturated rings. The molecule has 80 valence electrons. The van der Waals surface area contributed by atoms with Crippen LogP contribution < -0.4 is 5.32 Å². The van der Waals surface area contributed by atoms with Crippen molar-refractivity contribution in [3.05, 3.63) is 24.2 Å². The van der Waals surface area contributed by atoms with Crippen LogP contribution in [0.4, 0.5) is 0 Å². The van der Waals surface area contributed by atoms with E-state index in [9.17, 15) is 0 Å². The lowest BCUT2D eigenvalue weighted by Gasteiger charge is -2.13. The van der Waals surface area contributed by atoms with Crippen molar-refractivity contribution >= 4 is 0 Å². The number of furan rings is 1. The van der Waals surface area contributed by atoms with Crippen LogP contribution >= 0.6 is 0 Å². The lowest BCUT2D eigenvalue weighted by Crippen LogP contribution is -2.22. The van der Waals surface area contributed by atoms with Crippen molar-refractivity contribution in [2.45, 2.75) is 32.9 Å². The molecule has 3 heteroatoms. The fourth-order valence-corrected chi connectivity index (χ4v) is 1.52. The zero-order chi connectivity index (χ0) is 10.4. The summed E-state index contributed by atoms with van der Waals surface area (Å²) in [5, 5.41) is 12.5. The van der Waals surface area contributed by atoms with E-state index in [1.165, 1.54) is 0 Å². The second-order valence-corrected chi connectivity index (χ2v) is 3.95. The number of hydrogen-bond acceptors (Lipinski definition) is 3. The van der Waals surface area contributed by atoms with Gasteiger partial charge in [-0.3, -0.25) is 0 Å². The van der Waals surface area contributed by atoms with Crippen LogP contribution in [0.15, 0.2) is 23.0 Å². The van der Waals surface area contributed by atoms with Crippen molar-refractivity contribution in [1.29, 1.82) is 0 Å². The van der Waals surface area contributed by atoms with E-state index >= 15 is 0 Å². The monoisotopic (exact) mass is 197 g/mol. The first-order valence-electron chi connectivity index (χ1n) is 5.08. The molecule has 14 heavy (non-hydrogen) atoms. The van der Waals surface area contributed by atoms with Crippen LogP contribution in [-0.4, -0.2) is 17.8 Å². The summed E-state index contributed by atoms with van der Waals surface area (Å²) in [6.45, 7) is 5.72. The summed E-state index contributed by atoms with van der Waals surface area (Å²) in [4.78, 5) is 0. The SMILES string of the molecule is CC(O)CC(C)CNCc1ccoc1. The van der Waals surface area contributed by atoms with Gasteiger partial charge in [0.15, 0.2) is 0 Å². The highest BCUT2D eigenvalue weighted by atomic mass is 16.3. The van der Waals surface area contributed by atoms with E-state index in [0.29, 0.717) is 5.92 Å². The topological polar surface area (TPSA) is 45.4 Å². The molecule has 1 rings (SSSR count). The van der Waals surface area contributed by atoms with Crippen LogP contribution in [0.1, 0.15) is 25.8 Å². The Morgan fingerprint density at radius 2 is 2.29 bits per heavy atom. The Bertz CT molecular complexity index is 231. The lowest BCUT2D eigenvalue weighted by molar-refractivity contribution is 0.163. The number of aliphatic hydroxyl groups is 1. The van der Waals surface area contributed by atoms with Gasteiger partial charge in [-0.15, -0.1) is 0 Å². The second kappa shape index (κ2) is 5.83. The van der Waals surface area contributed by atoms with E-state index in [0.717, 1.165) is 25.1 Å². The van der Waals surface area contributed by atoms with Gasteiger partial charge in [0.25, 0.3) is 0 Å². The highest BCUT2D eigenvalue weighted by molar-refractivity contribution is 5.04. The van der Waals surface area contributed by atoms with Gasteiger partial charge < -0.3 is 14.8 Å². The minimum Gasteiger partial charge on any atom is -0.472 e. The van der Waals surface area contributed by atoms with Crippen LogP contribution in [0.2, 0.25) is 0 Å². The molecule has 0 amide bonds. The molecule has 0 aliphatic carbocycles. The van der Waals surface area contributed by atoms with Crippen molar-refractivity contribution < 1.29 is 9.52 Å². The predicted molar refractivity (Wildman–Crippen MR) is 55.9 cm³/mol. The van der Waals surface area contributed by atoms with Crippen molar-refractivity contribution in [1.82, 2.24) is 5.32 Å². The minimum atomic E-state index is -0.208. The molecule has 2 atom stereocenters. The first kappa shape index (κ1) is 11.3.